The Morgan fingerprint density at radius 3 is 2.16 bits per heavy atom. The molecule has 0 radical (unpaired) electrons. The van der Waals surface area contributed by atoms with Crippen molar-refractivity contribution in [1.29, 1.82) is 0 Å². The van der Waals surface area contributed by atoms with Crippen LogP contribution < -0.4 is 0 Å². The summed E-state index contributed by atoms with van der Waals surface area (Å²) in [5, 5.41) is 6.46. The molecule has 6 nitrogen and oxygen atoms in total. The Bertz CT molecular complexity index is 817. The van der Waals surface area contributed by atoms with Crippen molar-refractivity contribution in [2.24, 2.45) is 5.10 Å². The van der Waals surface area contributed by atoms with E-state index < -0.39 is 10.0 Å². The summed E-state index contributed by atoms with van der Waals surface area (Å²) in [6, 6.07) is 17.7. The third-order valence-corrected chi connectivity index (χ3v) is 5.72. The van der Waals surface area contributed by atoms with Crippen molar-refractivity contribution in [3.8, 4) is 0 Å². The van der Waals surface area contributed by atoms with E-state index in [1.807, 2.05) is 35.3 Å². The first-order valence-electron chi connectivity index (χ1n) is 8.10. The van der Waals surface area contributed by atoms with Gasteiger partial charge in [-0.15, -0.1) is 0 Å². The van der Waals surface area contributed by atoms with Gasteiger partial charge < -0.3 is 4.74 Å². The molecule has 0 atom stereocenters. The van der Waals surface area contributed by atoms with Gasteiger partial charge in [0.15, 0.2) is 5.84 Å². The van der Waals surface area contributed by atoms with Gasteiger partial charge in [-0.3, -0.25) is 9.31 Å². The molecule has 0 aliphatic carbocycles. The average molecular weight is 359 g/mol. The Hall–Kier alpha value is -2.38. The SMILES string of the molecule is CN(/C(=N/N1CCOCC1)c1ccccc1)S(=O)(=O)c1ccccc1. The van der Waals surface area contributed by atoms with Gasteiger partial charge in [-0.1, -0.05) is 48.5 Å². The molecule has 1 saturated heterocycles. The number of ether oxygens (including phenoxy) is 1. The zero-order valence-electron chi connectivity index (χ0n) is 14.1. The van der Waals surface area contributed by atoms with Gasteiger partial charge in [0, 0.05) is 12.6 Å². The first kappa shape index (κ1) is 17.4. The lowest BCUT2D eigenvalue weighted by Crippen LogP contribution is -2.39. The average Bonchev–Trinajstić information content (AvgIpc) is 2.68. The van der Waals surface area contributed by atoms with Gasteiger partial charge >= 0.3 is 0 Å². The molecule has 25 heavy (non-hydrogen) atoms. The molecule has 1 heterocycles. The van der Waals surface area contributed by atoms with Gasteiger partial charge in [0.2, 0.25) is 0 Å². The van der Waals surface area contributed by atoms with Crippen LogP contribution in [-0.4, -0.2) is 56.9 Å². The Labute approximate surface area is 148 Å². The second-order valence-corrected chi connectivity index (χ2v) is 7.61. The van der Waals surface area contributed by atoms with Crippen molar-refractivity contribution in [2.75, 3.05) is 33.4 Å². The van der Waals surface area contributed by atoms with Crippen LogP contribution in [0.2, 0.25) is 0 Å². The van der Waals surface area contributed by atoms with Crippen LogP contribution >= 0.6 is 0 Å². The maximum Gasteiger partial charge on any atom is 0.265 e. The molecule has 0 saturated carbocycles. The summed E-state index contributed by atoms with van der Waals surface area (Å²) >= 11 is 0. The fourth-order valence-electron chi connectivity index (χ4n) is 2.54. The minimum atomic E-state index is -3.69. The van der Waals surface area contributed by atoms with Crippen molar-refractivity contribution in [3.63, 3.8) is 0 Å². The highest BCUT2D eigenvalue weighted by Crippen LogP contribution is 2.18. The molecule has 3 rings (SSSR count). The summed E-state index contributed by atoms with van der Waals surface area (Å²) in [7, 11) is -2.16. The number of hydrazone groups is 1. The lowest BCUT2D eigenvalue weighted by Gasteiger charge is -2.28. The first-order chi connectivity index (χ1) is 12.1. The van der Waals surface area contributed by atoms with E-state index in [9.17, 15) is 8.42 Å². The molecular formula is C18H21N3O3S. The standard InChI is InChI=1S/C18H21N3O3S/c1-20(25(22,23)17-10-6-3-7-11-17)18(16-8-4-2-5-9-16)19-21-12-14-24-15-13-21/h2-11H,12-15H2,1H3/b19-18+. The molecular weight excluding hydrogens is 338 g/mol. The third-order valence-electron chi connectivity index (χ3n) is 3.96. The zero-order chi connectivity index (χ0) is 17.7. The smallest absolute Gasteiger partial charge is 0.265 e. The van der Waals surface area contributed by atoms with Crippen LogP contribution in [0.1, 0.15) is 5.56 Å². The van der Waals surface area contributed by atoms with E-state index in [0.29, 0.717) is 32.1 Å². The number of rotatable bonds is 4. The normalized spacial score (nSPS) is 15.9. The van der Waals surface area contributed by atoms with Gasteiger partial charge in [-0.2, -0.15) is 5.10 Å². The topological polar surface area (TPSA) is 62.2 Å². The summed E-state index contributed by atoms with van der Waals surface area (Å²) < 4.78 is 32.6. The monoisotopic (exact) mass is 359 g/mol. The number of hydrogen-bond acceptors (Lipinski definition) is 5. The summed E-state index contributed by atoms with van der Waals surface area (Å²) in [6.45, 7) is 2.44. The highest BCUT2D eigenvalue weighted by atomic mass is 32.2. The molecule has 0 bridgehead atoms. The van der Waals surface area contributed by atoms with E-state index in [2.05, 4.69) is 5.10 Å². The second-order valence-electron chi connectivity index (χ2n) is 5.64. The van der Waals surface area contributed by atoms with Crippen molar-refractivity contribution in [2.45, 2.75) is 4.90 Å². The molecule has 1 aliphatic heterocycles. The van der Waals surface area contributed by atoms with E-state index in [4.69, 9.17) is 4.74 Å². The van der Waals surface area contributed by atoms with E-state index in [1.165, 1.54) is 11.4 Å². The van der Waals surface area contributed by atoms with Gasteiger partial charge in [0.05, 0.1) is 31.2 Å². The van der Waals surface area contributed by atoms with Crippen LogP contribution in [0.15, 0.2) is 70.7 Å². The first-order valence-corrected chi connectivity index (χ1v) is 9.54. The Morgan fingerprint density at radius 2 is 1.56 bits per heavy atom. The summed E-state index contributed by atoms with van der Waals surface area (Å²) in [6.07, 6.45) is 0. The van der Waals surface area contributed by atoms with Crippen LogP contribution in [0, 0.1) is 0 Å². The van der Waals surface area contributed by atoms with Gasteiger partial charge in [0.25, 0.3) is 10.0 Å². The Morgan fingerprint density at radius 1 is 1.00 bits per heavy atom. The predicted octanol–water partition coefficient (Wildman–Crippen LogP) is 2.00. The molecule has 0 spiro atoms. The zero-order valence-corrected chi connectivity index (χ0v) is 14.9. The van der Waals surface area contributed by atoms with Gasteiger partial charge in [-0.05, 0) is 12.1 Å². The Balaban J connectivity index is 2.00. The number of amidine groups is 1. The van der Waals surface area contributed by atoms with Crippen LogP contribution in [0.5, 0.6) is 0 Å². The minimum Gasteiger partial charge on any atom is -0.378 e. The molecule has 1 fully saturated rings. The number of morpholine rings is 1. The molecule has 0 unspecified atom stereocenters. The molecule has 2 aromatic carbocycles. The molecule has 0 amide bonds. The summed E-state index contributed by atoms with van der Waals surface area (Å²) in [4.78, 5) is 0.239. The highest BCUT2D eigenvalue weighted by Gasteiger charge is 2.26. The fraction of sp³-hybridized carbons (Fsp3) is 0.278. The number of sulfonamides is 1. The molecule has 132 valence electrons. The molecule has 7 heteroatoms. The maximum absolute atomic E-state index is 13.0. The third kappa shape index (κ3) is 4.00. The minimum absolute atomic E-state index is 0.239. The van der Waals surface area contributed by atoms with Crippen molar-refractivity contribution in [1.82, 2.24) is 9.31 Å². The lowest BCUT2D eigenvalue weighted by molar-refractivity contribution is 0.0390. The van der Waals surface area contributed by atoms with Crippen LogP contribution in [-0.2, 0) is 14.8 Å². The van der Waals surface area contributed by atoms with E-state index in [1.54, 1.807) is 30.3 Å². The number of benzene rings is 2. The van der Waals surface area contributed by atoms with E-state index >= 15 is 0 Å². The number of hydrogen-bond donors (Lipinski definition) is 0. The van der Waals surface area contributed by atoms with Crippen LogP contribution in [0.25, 0.3) is 0 Å². The van der Waals surface area contributed by atoms with Gasteiger partial charge in [0.1, 0.15) is 0 Å². The predicted molar refractivity (Wildman–Crippen MR) is 96.8 cm³/mol. The summed E-state index contributed by atoms with van der Waals surface area (Å²) in [5.74, 6) is 0.395. The van der Waals surface area contributed by atoms with Crippen molar-refractivity contribution in [3.05, 3.63) is 66.2 Å². The molecule has 1 aliphatic rings. The largest absolute Gasteiger partial charge is 0.378 e. The van der Waals surface area contributed by atoms with E-state index in [-0.39, 0.29) is 4.90 Å². The van der Waals surface area contributed by atoms with Crippen LogP contribution in [0.3, 0.4) is 0 Å². The van der Waals surface area contributed by atoms with Crippen molar-refractivity contribution < 1.29 is 13.2 Å². The number of nitrogens with zero attached hydrogens (tertiary/aromatic N) is 3. The maximum atomic E-state index is 13.0. The second kappa shape index (κ2) is 7.67. The molecule has 0 N–H and O–H groups in total. The molecule has 0 aromatic heterocycles. The fourth-order valence-corrected chi connectivity index (χ4v) is 3.73. The highest BCUT2D eigenvalue weighted by molar-refractivity contribution is 7.89. The van der Waals surface area contributed by atoms with Crippen LogP contribution in [0.4, 0.5) is 0 Å². The van der Waals surface area contributed by atoms with E-state index in [0.717, 1.165) is 5.56 Å². The molecule has 2 aromatic rings. The Kier molecular flexibility index (Phi) is 5.35. The quantitative estimate of drug-likeness (QED) is 0.619. The van der Waals surface area contributed by atoms with Gasteiger partial charge in [-0.25, -0.2) is 8.42 Å². The summed E-state index contributed by atoms with van der Waals surface area (Å²) in [5.41, 5.74) is 0.746. The lowest BCUT2D eigenvalue weighted by atomic mass is 10.2. The van der Waals surface area contributed by atoms with Crippen molar-refractivity contribution >= 4 is 15.9 Å².